The Morgan fingerprint density at radius 2 is 1.86 bits per heavy atom. The maximum absolute atomic E-state index is 12.4. The van der Waals surface area contributed by atoms with Gasteiger partial charge in [-0.1, -0.05) is 49.6 Å². The van der Waals surface area contributed by atoms with Crippen LogP contribution in [0.3, 0.4) is 0 Å². The molecule has 2 aromatic carbocycles. The van der Waals surface area contributed by atoms with E-state index in [1.165, 1.54) is 44.2 Å². The van der Waals surface area contributed by atoms with Gasteiger partial charge < -0.3 is 25.8 Å². The van der Waals surface area contributed by atoms with Crippen molar-refractivity contribution >= 4 is 16.8 Å². The maximum Gasteiger partial charge on any atom is 0.248 e. The topological polar surface area (TPSA) is 114 Å². The molecular formula is C29H37N3O4. The van der Waals surface area contributed by atoms with Gasteiger partial charge in [-0.25, -0.2) is 0 Å². The van der Waals surface area contributed by atoms with Gasteiger partial charge in [0, 0.05) is 30.6 Å². The zero-order chi connectivity index (χ0) is 25.5. The predicted molar refractivity (Wildman–Crippen MR) is 142 cm³/mol. The van der Waals surface area contributed by atoms with Crippen molar-refractivity contribution < 1.29 is 15.0 Å². The SMILES string of the molecule is C[C@H](Cc1cccc(CC(=O)NCC2CCCCC2)c1)NC[C@H](O)c1ccc(O)c2[nH]c(=O)ccc12. The first kappa shape index (κ1) is 25.9. The molecule has 7 nitrogen and oxygen atoms in total. The van der Waals surface area contributed by atoms with Crippen molar-refractivity contribution in [3.63, 3.8) is 0 Å². The fourth-order valence-corrected chi connectivity index (χ4v) is 5.16. The highest BCUT2D eigenvalue weighted by atomic mass is 16.3. The van der Waals surface area contributed by atoms with E-state index >= 15 is 0 Å². The summed E-state index contributed by atoms with van der Waals surface area (Å²) in [6.07, 6.45) is 6.65. The number of hydrogen-bond acceptors (Lipinski definition) is 5. The highest BCUT2D eigenvalue weighted by Crippen LogP contribution is 2.28. The van der Waals surface area contributed by atoms with E-state index in [-0.39, 0.29) is 23.3 Å². The number of carbonyl (C=O) groups is 1. The minimum Gasteiger partial charge on any atom is -0.506 e. The third-order valence-electron chi connectivity index (χ3n) is 7.14. The summed E-state index contributed by atoms with van der Waals surface area (Å²) in [5.74, 6) is 0.676. The zero-order valence-corrected chi connectivity index (χ0v) is 20.9. The number of fused-ring (bicyclic) bond motifs is 1. The molecule has 4 rings (SSSR count). The molecule has 2 atom stereocenters. The van der Waals surface area contributed by atoms with Gasteiger partial charge in [0.05, 0.1) is 18.0 Å². The molecule has 0 aliphatic heterocycles. The Labute approximate surface area is 212 Å². The van der Waals surface area contributed by atoms with Crippen LogP contribution in [0.1, 0.15) is 61.8 Å². The Morgan fingerprint density at radius 3 is 2.67 bits per heavy atom. The number of H-pyrrole nitrogens is 1. The quantitative estimate of drug-likeness (QED) is 0.297. The summed E-state index contributed by atoms with van der Waals surface area (Å²) in [6.45, 7) is 3.17. The number of aliphatic hydroxyl groups is 1. The Kier molecular flexibility index (Phi) is 8.78. The largest absolute Gasteiger partial charge is 0.506 e. The number of phenols is 1. The van der Waals surface area contributed by atoms with Gasteiger partial charge in [-0.15, -0.1) is 0 Å². The average molecular weight is 492 g/mol. The number of aromatic amines is 1. The molecule has 1 amide bonds. The van der Waals surface area contributed by atoms with Crippen molar-refractivity contribution in [2.45, 2.75) is 64.0 Å². The maximum atomic E-state index is 12.4. The molecule has 0 radical (unpaired) electrons. The molecule has 1 saturated carbocycles. The molecule has 3 aromatic rings. The zero-order valence-electron chi connectivity index (χ0n) is 20.9. The molecule has 36 heavy (non-hydrogen) atoms. The van der Waals surface area contributed by atoms with Crippen molar-refractivity contribution in [3.8, 4) is 5.75 Å². The van der Waals surface area contributed by atoms with Crippen LogP contribution >= 0.6 is 0 Å². The van der Waals surface area contributed by atoms with E-state index in [2.05, 4.69) is 34.7 Å². The van der Waals surface area contributed by atoms with Gasteiger partial charge >= 0.3 is 0 Å². The first-order valence-corrected chi connectivity index (χ1v) is 13.0. The van der Waals surface area contributed by atoms with Gasteiger partial charge in [0.1, 0.15) is 5.75 Å². The number of phenolic OH excluding ortho intramolecular Hbond substituents is 1. The molecular weight excluding hydrogens is 454 g/mol. The molecule has 0 bridgehead atoms. The first-order valence-electron chi connectivity index (χ1n) is 13.0. The lowest BCUT2D eigenvalue weighted by Gasteiger charge is -2.21. The fraction of sp³-hybridized carbons (Fsp3) is 0.448. The molecule has 1 aliphatic carbocycles. The van der Waals surface area contributed by atoms with Crippen LogP contribution in [0.25, 0.3) is 10.9 Å². The van der Waals surface area contributed by atoms with Crippen LogP contribution < -0.4 is 16.2 Å². The lowest BCUT2D eigenvalue weighted by molar-refractivity contribution is -0.120. The van der Waals surface area contributed by atoms with E-state index in [0.717, 1.165) is 24.1 Å². The smallest absolute Gasteiger partial charge is 0.248 e. The van der Waals surface area contributed by atoms with Gasteiger partial charge in [0.2, 0.25) is 11.5 Å². The van der Waals surface area contributed by atoms with Crippen LogP contribution in [0.5, 0.6) is 5.75 Å². The van der Waals surface area contributed by atoms with Crippen LogP contribution in [0.2, 0.25) is 0 Å². The number of carbonyl (C=O) groups excluding carboxylic acids is 1. The summed E-state index contributed by atoms with van der Waals surface area (Å²) in [4.78, 5) is 26.7. The third kappa shape index (κ3) is 6.95. The van der Waals surface area contributed by atoms with Crippen LogP contribution in [-0.4, -0.2) is 40.2 Å². The van der Waals surface area contributed by atoms with E-state index in [9.17, 15) is 19.8 Å². The van der Waals surface area contributed by atoms with Gasteiger partial charge in [0.25, 0.3) is 0 Å². The summed E-state index contributed by atoms with van der Waals surface area (Å²) in [6, 6.07) is 14.4. The molecule has 1 fully saturated rings. The van der Waals surface area contributed by atoms with Gasteiger partial charge in [-0.3, -0.25) is 9.59 Å². The Morgan fingerprint density at radius 1 is 1.08 bits per heavy atom. The average Bonchev–Trinajstić information content (AvgIpc) is 2.87. The van der Waals surface area contributed by atoms with Crippen molar-refractivity contribution in [2.24, 2.45) is 5.92 Å². The molecule has 1 aromatic heterocycles. The number of hydrogen-bond donors (Lipinski definition) is 5. The number of pyridine rings is 1. The van der Waals surface area contributed by atoms with E-state index in [1.807, 2.05) is 12.1 Å². The second-order valence-corrected chi connectivity index (χ2v) is 10.1. The third-order valence-corrected chi connectivity index (χ3v) is 7.14. The molecule has 0 saturated heterocycles. The Balaban J connectivity index is 1.28. The molecule has 1 heterocycles. The lowest BCUT2D eigenvalue weighted by Crippen LogP contribution is -2.32. The second-order valence-electron chi connectivity index (χ2n) is 10.1. The lowest BCUT2D eigenvalue weighted by atomic mass is 9.89. The number of nitrogens with one attached hydrogen (secondary N) is 3. The molecule has 7 heteroatoms. The summed E-state index contributed by atoms with van der Waals surface area (Å²) in [7, 11) is 0. The van der Waals surface area contributed by atoms with Crippen LogP contribution in [0.4, 0.5) is 0 Å². The summed E-state index contributed by atoms with van der Waals surface area (Å²) < 4.78 is 0. The highest BCUT2D eigenvalue weighted by molar-refractivity contribution is 5.87. The van der Waals surface area contributed by atoms with E-state index in [4.69, 9.17) is 0 Å². The number of rotatable bonds is 10. The molecule has 0 unspecified atom stereocenters. The minimum absolute atomic E-state index is 0.0254. The number of aromatic nitrogens is 1. The normalized spacial score (nSPS) is 16.1. The molecule has 192 valence electrons. The Bertz CT molecular complexity index is 1230. The summed E-state index contributed by atoms with van der Waals surface area (Å²) in [5.41, 5.74) is 2.80. The van der Waals surface area contributed by atoms with Gasteiger partial charge in [0.15, 0.2) is 0 Å². The highest BCUT2D eigenvalue weighted by Gasteiger charge is 2.16. The number of aliphatic hydroxyl groups excluding tert-OH is 1. The minimum atomic E-state index is -0.805. The van der Waals surface area contributed by atoms with Crippen molar-refractivity contribution in [1.82, 2.24) is 15.6 Å². The monoisotopic (exact) mass is 491 g/mol. The number of benzene rings is 2. The first-order chi connectivity index (χ1) is 17.4. The molecule has 0 spiro atoms. The van der Waals surface area contributed by atoms with Crippen molar-refractivity contribution in [1.29, 1.82) is 0 Å². The van der Waals surface area contributed by atoms with E-state index in [1.54, 1.807) is 12.1 Å². The van der Waals surface area contributed by atoms with Gasteiger partial charge in [-0.05, 0) is 60.9 Å². The standard InChI is InChI=1S/C29H37N3O4/c1-19(30-18-26(34)23-10-12-25(33)29-24(23)11-13-27(35)32-29)14-21-8-5-9-22(15-21)16-28(36)31-17-20-6-3-2-4-7-20/h5,8-13,15,19-20,26,30,33-34H,2-4,6-7,14,16-18H2,1H3,(H,31,36)(H,32,35)/t19-,26+/m1/s1. The predicted octanol–water partition coefficient (Wildman–Crippen LogP) is 3.73. The fourth-order valence-electron chi connectivity index (χ4n) is 5.16. The molecule has 5 N–H and O–H groups in total. The Hall–Kier alpha value is -3.16. The van der Waals surface area contributed by atoms with Crippen molar-refractivity contribution in [2.75, 3.05) is 13.1 Å². The van der Waals surface area contributed by atoms with Crippen LogP contribution in [0, 0.1) is 5.92 Å². The molecule has 1 aliphatic rings. The van der Waals surface area contributed by atoms with E-state index < -0.39 is 6.10 Å². The van der Waals surface area contributed by atoms with Crippen LogP contribution in [-0.2, 0) is 17.6 Å². The second kappa shape index (κ2) is 12.2. The number of amides is 1. The number of aromatic hydroxyl groups is 1. The van der Waals surface area contributed by atoms with Crippen LogP contribution in [0.15, 0.2) is 53.3 Å². The summed E-state index contributed by atoms with van der Waals surface area (Å²) >= 11 is 0. The van der Waals surface area contributed by atoms with Gasteiger partial charge in [-0.2, -0.15) is 0 Å². The van der Waals surface area contributed by atoms with Crippen molar-refractivity contribution in [3.05, 3.63) is 75.6 Å². The summed E-state index contributed by atoms with van der Waals surface area (Å²) in [5, 5.41) is 28.0. The van der Waals surface area contributed by atoms with E-state index in [0.29, 0.717) is 35.3 Å².